The van der Waals surface area contributed by atoms with Crippen LogP contribution >= 0.6 is 27.7 Å². The number of carbonyl (C=O) groups excluding carboxylic acids is 4. The van der Waals surface area contributed by atoms with E-state index in [0.717, 1.165) is 21.1 Å². The van der Waals surface area contributed by atoms with Crippen molar-refractivity contribution >= 4 is 56.9 Å². The van der Waals surface area contributed by atoms with E-state index >= 15 is 0 Å². The van der Waals surface area contributed by atoms with Gasteiger partial charge < -0.3 is 4.74 Å². The maximum absolute atomic E-state index is 13.0. The van der Waals surface area contributed by atoms with Crippen molar-refractivity contribution in [3.8, 4) is 6.07 Å². The Bertz CT molecular complexity index is 1400. The number of carbonyl (C=O) groups is 4. The summed E-state index contributed by atoms with van der Waals surface area (Å²) >= 11 is 4.38. The summed E-state index contributed by atoms with van der Waals surface area (Å²) in [5.41, 5.74) is 1.95. The number of anilines is 1. The standard InChI is InChI=1S/C26H18BrN3O5S/c1-15-2-3-18(13-28)24(29-15)36-22-12-23(32)30(25(22)33)20-10-6-17(7-11-20)26(34)35-14-21(31)16-4-8-19(27)9-5-16/h2-11,22H,12,14H2,1H3. The summed E-state index contributed by atoms with van der Waals surface area (Å²) < 4.78 is 5.94. The molecule has 2 heterocycles. The molecule has 2 aromatic carbocycles. The van der Waals surface area contributed by atoms with Crippen molar-refractivity contribution in [2.24, 2.45) is 0 Å². The third-order valence-corrected chi connectivity index (χ3v) is 7.06. The van der Waals surface area contributed by atoms with E-state index in [1.54, 1.807) is 43.3 Å². The number of aryl methyl sites for hydroxylation is 1. The molecule has 1 aliphatic rings. The summed E-state index contributed by atoms with van der Waals surface area (Å²) in [7, 11) is 0. The van der Waals surface area contributed by atoms with Gasteiger partial charge in [-0.3, -0.25) is 14.4 Å². The quantitative estimate of drug-likeness (QED) is 0.234. The highest BCUT2D eigenvalue weighted by Gasteiger charge is 2.40. The van der Waals surface area contributed by atoms with Crippen LogP contribution in [0.5, 0.6) is 0 Å². The molecule has 8 nitrogen and oxygen atoms in total. The summed E-state index contributed by atoms with van der Waals surface area (Å²) in [4.78, 5) is 55.6. The van der Waals surface area contributed by atoms with Gasteiger partial charge in [0.1, 0.15) is 11.1 Å². The second kappa shape index (κ2) is 10.8. The van der Waals surface area contributed by atoms with Crippen molar-refractivity contribution in [2.75, 3.05) is 11.5 Å². The van der Waals surface area contributed by atoms with Gasteiger partial charge in [-0.25, -0.2) is 14.7 Å². The van der Waals surface area contributed by atoms with Crippen molar-refractivity contribution in [2.45, 2.75) is 23.6 Å². The largest absolute Gasteiger partial charge is 0.454 e. The van der Waals surface area contributed by atoms with Crippen molar-refractivity contribution in [3.63, 3.8) is 0 Å². The molecule has 0 N–H and O–H groups in total. The molecule has 0 saturated carbocycles. The van der Waals surface area contributed by atoms with E-state index in [-0.39, 0.29) is 23.7 Å². The minimum Gasteiger partial charge on any atom is -0.454 e. The van der Waals surface area contributed by atoms with Crippen LogP contribution in [-0.2, 0) is 14.3 Å². The zero-order valence-corrected chi connectivity index (χ0v) is 21.3. The number of Topliss-reactive ketones (excluding diaryl/α,β-unsaturated/α-hetero) is 1. The maximum Gasteiger partial charge on any atom is 0.338 e. The third-order valence-electron chi connectivity index (χ3n) is 5.34. The number of thioether (sulfide) groups is 1. The normalized spacial score (nSPS) is 15.0. The fourth-order valence-electron chi connectivity index (χ4n) is 3.49. The van der Waals surface area contributed by atoms with Gasteiger partial charge in [-0.1, -0.05) is 39.8 Å². The molecule has 1 aromatic heterocycles. The van der Waals surface area contributed by atoms with E-state index in [2.05, 4.69) is 27.0 Å². The van der Waals surface area contributed by atoms with Gasteiger partial charge in [0.15, 0.2) is 12.4 Å². The van der Waals surface area contributed by atoms with E-state index in [4.69, 9.17) is 4.74 Å². The van der Waals surface area contributed by atoms with Gasteiger partial charge in [0.2, 0.25) is 11.8 Å². The molecule has 0 spiro atoms. The van der Waals surface area contributed by atoms with Crippen LogP contribution in [0.25, 0.3) is 0 Å². The number of pyridine rings is 1. The molecular formula is C26H18BrN3O5S. The van der Waals surface area contributed by atoms with Gasteiger partial charge in [-0.05, 0) is 55.5 Å². The number of rotatable bonds is 7. The molecule has 36 heavy (non-hydrogen) atoms. The van der Waals surface area contributed by atoms with E-state index < -0.39 is 23.7 Å². The molecule has 4 rings (SSSR count). The molecule has 0 aliphatic carbocycles. The molecule has 10 heteroatoms. The number of aromatic nitrogens is 1. The fraction of sp³-hybridized carbons (Fsp3) is 0.154. The number of halogens is 1. The maximum atomic E-state index is 13.0. The molecular weight excluding hydrogens is 546 g/mol. The highest BCUT2D eigenvalue weighted by Crippen LogP contribution is 2.34. The summed E-state index contributed by atoms with van der Waals surface area (Å²) in [6, 6.07) is 17.9. The minimum absolute atomic E-state index is 0.0358. The van der Waals surface area contributed by atoms with Crippen LogP contribution in [-0.4, -0.2) is 40.4 Å². The molecule has 0 radical (unpaired) electrons. The fourth-order valence-corrected chi connectivity index (χ4v) is 4.89. The number of esters is 1. The molecule has 3 aromatic rings. The number of amides is 2. The van der Waals surface area contributed by atoms with Crippen LogP contribution in [0.1, 0.15) is 38.4 Å². The number of nitriles is 1. The summed E-state index contributed by atoms with van der Waals surface area (Å²) in [5, 5.41) is 9.00. The van der Waals surface area contributed by atoms with Crippen LogP contribution in [0.3, 0.4) is 0 Å². The van der Waals surface area contributed by atoms with E-state index in [0.29, 0.717) is 27.5 Å². The average Bonchev–Trinajstić information content (AvgIpc) is 3.15. The number of ketones is 1. The molecule has 1 fully saturated rings. The minimum atomic E-state index is -0.715. The van der Waals surface area contributed by atoms with Gasteiger partial charge in [0, 0.05) is 22.2 Å². The lowest BCUT2D eigenvalue weighted by Crippen LogP contribution is -2.31. The molecule has 180 valence electrons. The number of hydrogen-bond donors (Lipinski definition) is 0. The second-order valence-corrected chi connectivity index (χ2v) is 9.96. The Hall–Kier alpha value is -3.81. The number of nitrogens with zero attached hydrogens (tertiary/aromatic N) is 3. The Kier molecular flexibility index (Phi) is 7.62. The van der Waals surface area contributed by atoms with Crippen molar-refractivity contribution in [1.29, 1.82) is 5.26 Å². The molecule has 1 unspecified atom stereocenters. The van der Waals surface area contributed by atoms with Gasteiger partial charge in [-0.15, -0.1) is 0 Å². The first-order chi connectivity index (χ1) is 17.3. The number of imide groups is 1. The average molecular weight is 564 g/mol. The molecule has 1 saturated heterocycles. The van der Waals surface area contributed by atoms with Crippen LogP contribution in [0.4, 0.5) is 5.69 Å². The van der Waals surface area contributed by atoms with Gasteiger partial charge in [0.25, 0.3) is 0 Å². The summed E-state index contributed by atoms with van der Waals surface area (Å²) in [6.07, 6.45) is -0.0358. The zero-order valence-electron chi connectivity index (χ0n) is 18.9. The number of ether oxygens (including phenoxy) is 1. The molecule has 1 aliphatic heterocycles. The number of benzene rings is 2. The molecule has 0 bridgehead atoms. The number of hydrogen-bond acceptors (Lipinski definition) is 8. The highest BCUT2D eigenvalue weighted by atomic mass is 79.9. The smallest absolute Gasteiger partial charge is 0.338 e. The Morgan fingerprint density at radius 1 is 1.08 bits per heavy atom. The Balaban J connectivity index is 1.40. The third kappa shape index (κ3) is 5.53. The lowest BCUT2D eigenvalue weighted by atomic mass is 10.1. The van der Waals surface area contributed by atoms with Gasteiger partial charge >= 0.3 is 5.97 Å². The SMILES string of the molecule is Cc1ccc(C#N)c(SC2CC(=O)N(c3ccc(C(=O)OCC(=O)c4ccc(Br)cc4)cc3)C2=O)n1. The highest BCUT2D eigenvalue weighted by molar-refractivity contribution is 9.10. The van der Waals surface area contributed by atoms with Crippen molar-refractivity contribution in [3.05, 3.63) is 87.5 Å². The lowest BCUT2D eigenvalue weighted by Gasteiger charge is -2.15. The second-order valence-electron chi connectivity index (χ2n) is 7.85. The van der Waals surface area contributed by atoms with Crippen molar-refractivity contribution < 1.29 is 23.9 Å². The zero-order chi connectivity index (χ0) is 25.8. The Labute approximate surface area is 219 Å². The monoisotopic (exact) mass is 563 g/mol. The lowest BCUT2D eigenvalue weighted by molar-refractivity contribution is -0.121. The Morgan fingerprint density at radius 2 is 1.75 bits per heavy atom. The van der Waals surface area contributed by atoms with E-state index in [9.17, 15) is 24.4 Å². The molecule has 1 atom stereocenters. The molecule has 2 amide bonds. The predicted molar refractivity (Wildman–Crippen MR) is 136 cm³/mol. The first kappa shape index (κ1) is 25.3. The first-order valence-electron chi connectivity index (χ1n) is 10.7. The Morgan fingerprint density at radius 3 is 2.42 bits per heavy atom. The van der Waals surface area contributed by atoms with E-state index in [1.165, 1.54) is 24.3 Å². The van der Waals surface area contributed by atoms with Gasteiger partial charge in [0.05, 0.1) is 22.1 Å². The first-order valence-corrected chi connectivity index (χ1v) is 12.4. The van der Waals surface area contributed by atoms with Gasteiger partial charge in [-0.2, -0.15) is 5.26 Å². The summed E-state index contributed by atoms with van der Waals surface area (Å²) in [6.45, 7) is 1.37. The van der Waals surface area contributed by atoms with Crippen LogP contribution in [0, 0.1) is 18.3 Å². The van der Waals surface area contributed by atoms with Crippen molar-refractivity contribution in [1.82, 2.24) is 4.98 Å². The summed E-state index contributed by atoms with van der Waals surface area (Å²) in [5.74, 6) is -1.85. The van der Waals surface area contributed by atoms with Crippen LogP contribution in [0.2, 0.25) is 0 Å². The predicted octanol–water partition coefficient (Wildman–Crippen LogP) is 4.49. The van der Waals surface area contributed by atoms with Crippen LogP contribution in [0.15, 0.2) is 70.2 Å². The van der Waals surface area contributed by atoms with Crippen LogP contribution < -0.4 is 4.90 Å². The topological polar surface area (TPSA) is 117 Å². The van der Waals surface area contributed by atoms with E-state index in [1.807, 2.05) is 0 Å².